The molecule has 0 bridgehead atoms. The number of benzene rings is 2. The highest BCUT2D eigenvalue weighted by atomic mass is 16.5. The largest absolute Gasteiger partial charge is 0.464 e. The van der Waals surface area contributed by atoms with Crippen LogP contribution in [0.1, 0.15) is 28.4 Å². The molecule has 4 nitrogen and oxygen atoms in total. The third kappa shape index (κ3) is 4.72. The van der Waals surface area contributed by atoms with E-state index in [-0.39, 0.29) is 12.5 Å². The Kier molecular flexibility index (Phi) is 6.16. The lowest BCUT2D eigenvalue weighted by atomic mass is 10.1. The first kappa shape index (κ1) is 17.3. The molecule has 0 saturated carbocycles. The third-order valence-electron chi connectivity index (χ3n) is 3.47. The summed E-state index contributed by atoms with van der Waals surface area (Å²) in [6.07, 6.45) is 5.67. The second-order valence-electron chi connectivity index (χ2n) is 5.19. The number of hydrogen-bond donors (Lipinski definition) is 1. The zero-order chi connectivity index (χ0) is 17.4. The lowest BCUT2D eigenvalue weighted by Crippen LogP contribution is -2.43. The molecule has 0 unspecified atom stereocenters. The second-order valence-corrected chi connectivity index (χ2v) is 5.19. The van der Waals surface area contributed by atoms with Crippen molar-refractivity contribution in [3.8, 4) is 12.3 Å². The van der Waals surface area contributed by atoms with Gasteiger partial charge in [0, 0.05) is 17.5 Å². The van der Waals surface area contributed by atoms with E-state index in [4.69, 9.17) is 11.2 Å². The van der Waals surface area contributed by atoms with E-state index in [0.717, 1.165) is 5.56 Å². The first-order chi connectivity index (χ1) is 11.6. The average molecular weight is 321 g/mol. The van der Waals surface area contributed by atoms with E-state index >= 15 is 0 Å². The Bertz CT molecular complexity index is 730. The molecule has 24 heavy (non-hydrogen) atoms. The average Bonchev–Trinajstić information content (AvgIpc) is 2.62. The first-order valence-electron chi connectivity index (χ1n) is 7.72. The quantitative estimate of drug-likeness (QED) is 0.657. The zero-order valence-corrected chi connectivity index (χ0v) is 13.5. The van der Waals surface area contributed by atoms with Crippen LogP contribution in [0.2, 0.25) is 0 Å². The SMILES string of the molecule is C#Cc1ccc(C(=O)N[C@@H](Cc2ccccc2)C(=O)OCC)cc1. The maximum atomic E-state index is 12.4. The molecular formula is C20H19NO3. The van der Waals surface area contributed by atoms with Crippen molar-refractivity contribution in [3.63, 3.8) is 0 Å². The van der Waals surface area contributed by atoms with Gasteiger partial charge in [0.15, 0.2) is 0 Å². The van der Waals surface area contributed by atoms with Crippen molar-refractivity contribution in [2.24, 2.45) is 0 Å². The standard InChI is InChI=1S/C20H19NO3/c1-3-15-10-12-17(13-11-15)19(22)21-18(20(23)24-4-2)14-16-8-6-5-7-9-16/h1,5-13,18H,4,14H2,2H3,(H,21,22)/t18-/m0/s1. The number of ether oxygens (including phenoxy) is 1. The summed E-state index contributed by atoms with van der Waals surface area (Å²) >= 11 is 0. The Hall–Kier alpha value is -3.06. The molecular weight excluding hydrogens is 302 g/mol. The molecule has 1 atom stereocenters. The summed E-state index contributed by atoms with van der Waals surface area (Å²) in [5.41, 5.74) is 2.08. The number of carbonyl (C=O) groups is 2. The van der Waals surface area contributed by atoms with Crippen LogP contribution in [-0.4, -0.2) is 24.5 Å². The van der Waals surface area contributed by atoms with E-state index in [9.17, 15) is 9.59 Å². The van der Waals surface area contributed by atoms with Gasteiger partial charge in [-0.05, 0) is 36.8 Å². The minimum atomic E-state index is -0.743. The Morgan fingerprint density at radius 2 is 1.79 bits per heavy atom. The Morgan fingerprint density at radius 3 is 2.38 bits per heavy atom. The highest BCUT2D eigenvalue weighted by Crippen LogP contribution is 2.08. The van der Waals surface area contributed by atoms with E-state index in [0.29, 0.717) is 17.5 Å². The van der Waals surface area contributed by atoms with Gasteiger partial charge in [-0.25, -0.2) is 4.79 Å². The van der Waals surface area contributed by atoms with Crippen molar-refractivity contribution in [1.82, 2.24) is 5.32 Å². The summed E-state index contributed by atoms with van der Waals surface area (Å²) in [5.74, 6) is 1.71. The predicted molar refractivity (Wildman–Crippen MR) is 92.4 cm³/mol. The van der Waals surface area contributed by atoms with Gasteiger partial charge in [0.1, 0.15) is 6.04 Å². The summed E-state index contributed by atoms with van der Waals surface area (Å²) < 4.78 is 5.07. The van der Waals surface area contributed by atoms with Crippen molar-refractivity contribution in [3.05, 3.63) is 71.3 Å². The van der Waals surface area contributed by atoms with Crippen LogP contribution in [0.3, 0.4) is 0 Å². The van der Waals surface area contributed by atoms with E-state index in [1.54, 1.807) is 31.2 Å². The van der Waals surface area contributed by atoms with Crippen LogP contribution in [0.4, 0.5) is 0 Å². The first-order valence-corrected chi connectivity index (χ1v) is 7.72. The van der Waals surface area contributed by atoms with Crippen molar-refractivity contribution < 1.29 is 14.3 Å². The third-order valence-corrected chi connectivity index (χ3v) is 3.47. The number of nitrogens with one attached hydrogen (secondary N) is 1. The highest BCUT2D eigenvalue weighted by Gasteiger charge is 2.23. The molecule has 2 aromatic rings. The second kappa shape index (κ2) is 8.54. The summed E-state index contributed by atoms with van der Waals surface area (Å²) in [6, 6.07) is 15.4. The minimum Gasteiger partial charge on any atom is -0.464 e. The fourth-order valence-electron chi connectivity index (χ4n) is 2.25. The Morgan fingerprint density at radius 1 is 1.12 bits per heavy atom. The molecule has 2 rings (SSSR count). The van der Waals surface area contributed by atoms with Crippen molar-refractivity contribution in [2.45, 2.75) is 19.4 Å². The van der Waals surface area contributed by atoms with Gasteiger partial charge in [-0.2, -0.15) is 0 Å². The predicted octanol–water partition coefficient (Wildman–Crippen LogP) is 2.57. The van der Waals surface area contributed by atoms with Crippen LogP contribution < -0.4 is 5.32 Å². The number of hydrogen-bond acceptors (Lipinski definition) is 3. The van der Waals surface area contributed by atoms with Gasteiger partial charge in [0.2, 0.25) is 0 Å². The Labute approximate surface area is 141 Å². The fourth-order valence-corrected chi connectivity index (χ4v) is 2.25. The molecule has 0 aliphatic carbocycles. The number of terminal acetylenes is 1. The van der Waals surface area contributed by atoms with Gasteiger partial charge in [0.05, 0.1) is 6.61 Å². The smallest absolute Gasteiger partial charge is 0.328 e. The molecule has 4 heteroatoms. The number of amides is 1. The number of rotatable bonds is 6. The number of esters is 1. The molecule has 0 spiro atoms. The van der Waals surface area contributed by atoms with Crippen LogP contribution in [-0.2, 0) is 16.0 Å². The molecule has 0 saturated heterocycles. The highest BCUT2D eigenvalue weighted by molar-refractivity contribution is 5.96. The van der Waals surface area contributed by atoms with Gasteiger partial charge in [-0.1, -0.05) is 36.3 Å². The van der Waals surface area contributed by atoms with E-state index in [1.807, 2.05) is 30.3 Å². The molecule has 0 aliphatic rings. The summed E-state index contributed by atoms with van der Waals surface area (Å²) in [4.78, 5) is 24.5. The van der Waals surface area contributed by atoms with Crippen LogP contribution in [0, 0.1) is 12.3 Å². The maximum absolute atomic E-state index is 12.4. The lowest BCUT2D eigenvalue weighted by Gasteiger charge is -2.17. The molecule has 0 aromatic heterocycles. The zero-order valence-electron chi connectivity index (χ0n) is 13.5. The van der Waals surface area contributed by atoms with Crippen molar-refractivity contribution >= 4 is 11.9 Å². The van der Waals surface area contributed by atoms with Crippen molar-refractivity contribution in [2.75, 3.05) is 6.61 Å². The summed E-state index contributed by atoms with van der Waals surface area (Å²) in [7, 11) is 0. The van der Waals surface area contributed by atoms with Crippen LogP contribution in [0.15, 0.2) is 54.6 Å². The monoisotopic (exact) mass is 321 g/mol. The molecule has 0 heterocycles. The van der Waals surface area contributed by atoms with E-state index in [2.05, 4.69) is 11.2 Å². The van der Waals surface area contributed by atoms with Gasteiger partial charge in [-0.3, -0.25) is 4.79 Å². The molecule has 1 N–H and O–H groups in total. The minimum absolute atomic E-state index is 0.261. The molecule has 2 aromatic carbocycles. The fraction of sp³-hybridized carbons (Fsp3) is 0.200. The molecule has 1 amide bonds. The molecule has 0 fully saturated rings. The van der Waals surface area contributed by atoms with E-state index in [1.165, 1.54) is 0 Å². The Balaban J connectivity index is 2.12. The lowest BCUT2D eigenvalue weighted by molar-refractivity contribution is -0.145. The van der Waals surface area contributed by atoms with Crippen LogP contribution in [0.5, 0.6) is 0 Å². The summed E-state index contributed by atoms with van der Waals surface area (Å²) in [5, 5.41) is 2.74. The molecule has 0 aliphatic heterocycles. The van der Waals surface area contributed by atoms with Gasteiger partial charge in [0.25, 0.3) is 5.91 Å². The molecule has 0 radical (unpaired) electrons. The topological polar surface area (TPSA) is 55.4 Å². The number of carbonyl (C=O) groups excluding carboxylic acids is 2. The van der Waals surface area contributed by atoms with E-state index < -0.39 is 12.0 Å². The summed E-state index contributed by atoms with van der Waals surface area (Å²) in [6.45, 7) is 1.99. The van der Waals surface area contributed by atoms with Gasteiger partial charge >= 0.3 is 5.97 Å². The van der Waals surface area contributed by atoms with Crippen LogP contribution >= 0.6 is 0 Å². The van der Waals surface area contributed by atoms with Crippen molar-refractivity contribution in [1.29, 1.82) is 0 Å². The van der Waals surface area contributed by atoms with Gasteiger partial charge < -0.3 is 10.1 Å². The van der Waals surface area contributed by atoms with Gasteiger partial charge in [-0.15, -0.1) is 6.42 Å². The normalized spacial score (nSPS) is 11.2. The molecule has 122 valence electrons. The van der Waals surface area contributed by atoms with Crippen LogP contribution in [0.25, 0.3) is 0 Å². The maximum Gasteiger partial charge on any atom is 0.328 e.